The summed E-state index contributed by atoms with van der Waals surface area (Å²) in [5.74, 6) is 2.13. The van der Waals surface area contributed by atoms with Crippen molar-refractivity contribution in [3.63, 3.8) is 0 Å². The zero-order valence-corrected chi connectivity index (χ0v) is 17.7. The highest BCUT2D eigenvalue weighted by Crippen LogP contribution is 2.36. The summed E-state index contributed by atoms with van der Waals surface area (Å²) in [5, 5.41) is 1.18. The lowest BCUT2D eigenvalue weighted by atomic mass is 9.97. The van der Waals surface area contributed by atoms with E-state index in [0.717, 1.165) is 30.0 Å². The number of benzene rings is 2. The van der Waals surface area contributed by atoms with Gasteiger partial charge in [0.05, 0.1) is 23.5 Å². The van der Waals surface area contributed by atoms with E-state index in [1.54, 1.807) is 7.11 Å². The standard InChI is InChI=1S/C21H22Cl2N2OS/c1-15(7-9-25-10-8-24-14-25)18-12-17(26-2)4-6-21(18)27-13-16-3-5-19(22)20(23)11-16/h3-6,8,10-12,14-15H,7,9,13H2,1-2H3. The molecule has 0 aliphatic carbocycles. The average Bonchev–Trinajstić information content (AvgIpc) is 3.20. The maximum atomic E-state index is 6.14. The fourth-order valence-electron chi connectivity index (χ4n) is 2.88. The van der Waals surface area contributed by atoms with Gasteiger partial charge in [-0.15, -0.1) is 11.8 Å². The van der Waals surface area contributed by atoms with Crippen LogP contribution in [0.2, 0.25) is 10.0 Å². The molecule has 0 fully saturated rings. The van der Waals surface area contributed by atoms with Gasteiger partial charge < -0.3 is 9.30 Å². The SMILES string of the molecule is COc1ccc(SCc2ccc(Cl)c(Cl)c2)c(C(C)CCn2ccnc2)c1. The fraction of sp³-hybridized carbons (Fsp3) is 0.286. The van der Waals surface area contributed by atoms with Gasteiger partial charge in [-0.05, 0) is 53.8 Å². The smallest absolute Gasteiger partial charge is 0.119 e. The molecule has 0 aliphatic heterocycles. The summed E-state index contributed by atoms with van der Waals surface area (Å²) in [4.78, 5) is 5.38. The molecular formula is C21H22Cl2N2OS. The lowest BCUT2D eigenvalue weighted by Crippen LogP contribution is -2.03. The first-order valence-electron chi connectivity index (χ1n) is 8.77. The summed E-state index contributed by atoms with van der Waals surface area (Å²) < 4.78 is 7.56. The van der Waals surface area contributed by atoms with Crippen LogP contribution in [0.5, 0.6) is 5.75 Å². The Labute approximate surface area is 174 Å². The number of hydrogen-bond donors (Lipinski definition) is 0. The van der Waals surface area contributed by atoms with Crippen LogP contribution in [0.3, 0.4) is 0 Å². The maximum Gasteiger partial charge on any atom is 0.119 e. The number of methoxy groups -OCH3 is 1. The van der Waals surface area contributed by atoms with Gasteiger partial charge in [0.1, 0.15) is 5.75 Å². The molecule has 142 valence electrons. The molecule has 3 aromatic rings. The van der Waals surface area contributed by atoms with E-state index in [9.17, 15) is 0 Å². The van der Waals surface area contributed by atoms with Gasteiger partial charge in [-0.3, -0.25) is 0 Å². The van der Waals surface area contributed by atoms with Crippen LogP contribution in [-0.4, -0.2) is 16.7 Å². The van der Waals surface area contributed by atoms with E-state index in [1.807, 2.05) is 54.7 Å². The first kappa shape index (κ1) is 20.1. The van der Waals surface area contributed by atoms with E-state index in [4.69, 9.17) is 27.9 Å². The molecule has 0 amide bonds. The van der Waals surface area contributed by atoms with Crippen molar-refractivity contribution < 1.29 is 4.74 Å². The number of ether oxygens (including phenoxy) is 1. The van der Waals surface area contributed by atoms with Crippen molar-refractivity contribution in [3.05, 3.63) is 76.3 Å². The van der Waals surface area contributed by atoms with E-state index >= 15 is 0 Å². The summed E-state index contributed by atoms with van der Waals surface area (Å²) in [7, 11) is 1.71. The van der Waals surface area contributed by atoms with Crippen LogP contribution in [0.1, 0.15) is 30.4 Å². The third kappa shape index (κ3) is 5.44. The lowest BCUT2D eigenvalue weighted by molar-refractivity contribution is 0.413. The summed E-state index contributed by atoms with van der Waals surface area (Å²) >= 11 is 14.0. The summed E-state index contributed by atoms with van der Waals surface area (Å²) in [6, 6.07) is 12.1. The number of rotatable bonds is 8. The lowest BCUT2D eigenvalue weighted by Gasteiger charge is -2.18. The minimum absolute atomic E-state index is 0.402. The van der Waals surface area contributed by atoms with Crippen molar-refractivity contribution in [1.29, 1.82) is 0 Å². The van der Waals surface area contributed by atoms with Gasteiger partial charge >= 0.3 is 0 Å². The third-order valence-electron chi connectivity index (χ3n) is 4.51. The number of thioether (sulfide) groups is 1. The van der Waals surface area contributed by atoms with Gasteiger partial charge in [-0.1, -0.05) is 36.2 Å². The van der Waals surface area contributed by atoms with Gasteiger partial charge in [-0.25, -0.2) is 4.98 Å². The van der Waals surface area contributed by atoms with Gasteiger partial charge in [-0.2, -0.15) is 0 Å². The van der Waals surface area contributed by atoms with Crippen LogP contribution in [0, 0.1) is 0 Å². The molecule has 1 unspecified atom stereocenters. The number of aryl methyl sites for hydroxylation is 1. The first-order valence-corrected chi connectivity index (χ1v) is 10.5. The Bertz CT molecular complexity index is 884. The highest BCUT2D eigenvalue weighted by Gasteiger charge is 2.13. The van der Waals surface area contributed by atoms with Crippen molar-refractivity contribution in [2.45, 2.75) is 36.5 Å². The van der Waals surface area contributed by atoms with Crippen LogP contribution in [0.25, 0.3) is 0 Å². The van der Waals surface area contributed by atoms with Gasteiger partial charge in [0, 0.05) is 29.6 Å². The molecule has 1 heterocycles. The average molecular weight is 421 g/mol. The van der Waals surface area contributed by atoms with Gasteiger partial charge in [0.2, 0.25) is 0 Å². The molecule has 0 aliphatic rings. The second-order valence-corrected chi connectivity index (χ2v) is 8.26. The Morgan fingerprint density at radius 3 is 2.70 bits per heavy atom. The molecule has 0 N–H and O–H groups in total. The largest absolute Gasteiger partial charge is 0.497 e. The van der Waals surface area contributed by atoms with Crippen molar-refractivity contribution in [3.8, 4) is 5.75 Å². The fourth-order valence-corrected chi connectivity index (χ4v) is 4.29. The second kappa shape index (κ2) is 9.54. The van der Waals surface area contributed by atoms with E-state index in [0.29, 0.717) is 16.0 Å². The Kier molecular flexibility index (Phi) is 7.11. The highest BCUT2D eigenvalue weighted by atomic mass is 35.5. The number of aromatic nitrogens is 2. The van der Waals surface area contributed by atoms with E-state index in [1.165, 1.54) is 10.5 Å². The molecule has 0 saturated heterocycles. The molecule has 6 heteroatoms. The van der Waals surface area contributed by atoms with Crippen LogP contribution >= 0.6 is 35.0 Å². The Hall–Kier alpha value is -1.62. The Morgan fingerprint density at radius 2 is 2.00 bits per heavy atom. The minimum atomic E-state index is 0.402. The van der Waals surface area contributed by atoms with Gasteiger partial charge in [0.15, 0.2) is 0 Å². The van der Waals surface area contributed by atoms with Crippen molar-refractivity contribution in [1.82, 2.24) is 9.55 Å². The van der Waals surface area contributed by atoms with Crippen LogP contribution in [-0.2, 0) is 12.3 Å². The van der Waals surface area contributed by atoms with Crippen LogP contribution < -0.4 is 4.74 Å². The summed E-state index contributed by atoms with van der Waals surface area (Å²) in [6.07, 6.45) is 6.70. The minimum Gasteiger partial charge on any atom is -0.497 e. The molecule has 0 saturated carbocycles. The molecule has 3 nitrogen and oxygen atoms in total. The van der Waals surface area contributed by atoms with Crippen molar-refractivity contribution >= 4 is 35.0 Å². The molecule has 2 aromatic carbocycles. The zero-order valence-electron chi connectivity index (χ0n) is 15.4. The predicted molar refractivity (Wildman–Crippen MR) is 114 cm³/mol. The van der Waals surface area contributed by atoms with Crippen molar-refractivity contribution in [2.75, 3.05) is 7.11 Å². The normalized spacial score (nSPS) is 12.1. The highest BCUT2D eigenvalue weighted by molar-refractivity contribution is 7.98. The topological polar surface area (TPSA) is 27.1 Å². The van der Waals surface area contributed by atoms with Gasteiger partial charge in [0.25, 0.3) is 0 Å². The Morgan fingerprint density at radius 1 is 1.15 bits per heavy atom. The third-order valence-corrected chi connectivity index (χ3v) is 6.41. The number of halogens is 2. The monoisotopic (exact) mass is 420 g/mol. The molecular weight excluding hydrogens is 399 g/mol. The number of imidazole rings is 1. The molecule has 27 heavy (non-hydrogen) atoms. The first-order chi connectivity index (χ1) is 13.1. The summed E-state index contributed by atoms with van der Waals surface area (Å²) in [5.41, 5.74) is 2.46. The summed E-state index contributed by atoms with van der Waals surface area (Å²) in [6.45, 7) is 3.20. The molecule has 3 rings (SSSR count). The van der Waals surface area contributed by atoms with E-state index in [-0.39, 0.29) is 0 Å². The van der Waals surface area contributed by atoms with E-state index in [2.05, 4.69) is 28.6 Å². The van der Waals surface area contributed by atoms with Crippen LogP contribution in [0.15, 0.2) is 60.0 Å². The molecule has 0 bridgehead atoms. The molecule has 1 aromatic heterocycles. The molecule has 1 atom stereocenters. The van der Waals surface area contributed by atoms with E-state index < -0.39 is 0 Å². The molecule has 0 radical (unpaired) electrons. The predicted octanol–water partition coefficient (Wildman–Crippen LogP) is 6.68. The molecule has 0 spiro atoms. The number of nitrogens with zero attached hydrogens (tertiary/aromatic N) is 2. The van der Waals surface area contributed by atoms with Crippen molar-refractivity contribution in [2.24, 2.45) is 0 Å². The zero-order chi connectivity index (χ0) is 19.2. The maximum absolute atomic E-state index is 6.14. The Balaban J connectivity index is 1.74. The quantitative estimate of drug-likeness (QED) is 0.380. The number of hydrogen-bond acceptors (Lipinski definition) is 3. The van der Waals surface area contributed by atoms with Crippen LogP contribution in [0.4, 0.5) is 0 Å². The second-order valence-electron chi connectivity index (χ2n) is 6.43.